The van der Waals surface area contributed by atoms with E-state index in [2.05, 4.69) is 15.6 Å². The molecular formula is C22H27N3O2. The number of nitrogens with zero attached hydrogens (tertiary/aromatic N) is 1. The van der Waals surface area contributed by atoms with Crippen molar-refractivity contribution >= 4 is 11.8 Å². The molecule has 27 heavy (non-hydrogen) atoms. The van der Waals surface area contributed by atoms with E-state index in [0.29, 0.717) is 17.8 Å². The van der Waals surface area contributed by atoms with Crippen LogP contribution in [0.15, 0.2) is 42.6 Å². The van der Waals surface area contributed by atoms with E-state index < -0.39 is 0 Å². The van der Waals surface area contributed by atoms with Crippen molar-refractivity contribution in [1.82, 2.24) is 15.6 Å². The largest absolute Gasteiger partial charge is 0.348 e. The number of nitrogens with one attached hydrogen (secondary N) is 2. The maximum Gasteiger partial charge on any atom is 0.270 e. The molecule has 0 saturated heterocycles. The van der Waals surface area contributed by atoms with Crippen LogP contribution in [-0.4, -0.2) is 22.8 Å². The minimum Gasteiger partial charge on any atom is -0.348 e. The van der Waals surface area contributed by atoms with Gasteiger partial charge in [-0.25, -0.2) is 0 Å². The Labute approximate surface area is 160 Å². The Balaban J connectivity index is 1.60. The molecule has 1 aliphatic carbocycles. The first-order valence-corrected chi connectivity index (χ1v) is 9.72. The van der Waals surface area contributed by atoms with E-state index in [1.807, 2.05) is 31.2 Å². The van der Waals surface area contributed by atoms with Crippen LogP contribution in [0.25, 0.3) is 0 Å². The van der Waals surface area contributed by atoms with Gasteiger partial charge in [0.15, 0.2) is 0 Å². The van der Waals surface area contributed by atoms with Gasteiger partial charge in [-0.2, -0.15) is 0 Å². The zero-order chi connectivity index (χ0) is 19.1. The summed E-state index contributed by atoms with van der Waals surface area (Å²) in [5, 5.41) is 5.97. The zero-order valence-corrected chi connectivity index (χ0v) is 15.8. The van der Waals surface area contributed by atoms with Crippen LogP contribution < -0.4 is 10.6 Å². The van der Waals surface area contributed by atoms with Crippen molar-refractivity contribution in [2.75, 3.05) is 0 Å². The van der Waals surface area contributed by atoms with Crippen LogP contribution in [0.3, 0.4) is 0 Å². The Morgan fingerprint density at radius 2 is 1.81 bits per heavy atom. The van der Waals surface area contributed by atoms with Gasteiger partial charge in [0.25, 0.3) is 11.8 Å². The summed E-state index contributed by atoms with van der Waals surface area (Å²) < 4.78 is 0. The van der Waals surface area contributed by atoms with Crippen molar-refractivity contribution in [3.8, 4) is 0 Å². The average molecular weight is 365 g/mol. The van der Waals surface area contributed by atoms with Gasteiger partial charge in [-0.3, -0.25) is 14.6 Å². The number of aromatic nitrogens is 1. The highest BCUT2D eigenvalue weighted by Gasteiger charge is 2.17. The maximum absolute atomic E-state index is 12.5. The second kappa shape index (κ2) is 9.31. The third-order valence-corrected chi connectivity index (χ3v) is 4.98. The molecule has 1 aromatic heterocycles. The molecule has 0 spiro atoms. The van der Waals surface area contributed by atoms with E-state index in [4.69, 9.17) is 0 Å². The molecule has 1 aliphatic rings. The van der Waals surface area contributed by atoms with Gasteiger partial charge in [0, 0.05) is 24.3 Å². The fraction of sp³-hybridized carbons (Fsp3) is 0.409. The highest BCUT2D eigenvalue weighted by atomic mass is 16.2. The first-order valence-electron chi connectivity index (χ1n) is 9.72. The van der Waals surface area contributed by atoms with Gasteiger partial charge < -0.3 is 10.6 Å². The SMILES string of the molecule is Cc1cccc(CNC(=O)c2ccnc(C(=O)NC3CCCCCC3)c2)c1. The molecule has 0 aliphatic heterocycles. The lowest BCUT2D eigenvalue weighted by Gasteiger charge is -2.16. The van der Waals surface area contributed by atoms with Crippen LogP contribution in [0, 0.1) is 6.92 Å². The molecule has 0 radical (unpaired) electrons. The van der Waals surface area contributed by atoms with Crippen molar-refractivity contribution in [2.45, 2.75) is 58.0 Å². The summed E-state index contributed by atoms with van der Waals surface area (Å²) in [5.41, 5.74) is 2.94. The molecule has 0 bridgehead atoms. The third kappa shape index (κ3) is 5.64. The summed E-state index contributed by atoms with van der Waals surface area (Å²) >= 11 is 0. The Morgan fingerprint density at radius 3 is 2.56 bits per heavy atom. The number of amides is 2. The lowest BCUT2D eigenvalue weighted by atomic mass is 10.1. The molecule has 1 fully saturated rings. The number of rotatable bonds is 5. The lowest BCUT2D eigenvalue weighted by Crippen LogP contribution is -2.35. The number of carbonyl (C=O) groups is 2. The van der Waals surface area contributed by atoms with Gasteiger partial charge in [-0.05, 0) is 37.5 Å². The standard InChI is InChI=1S/C22H27N3O2/c1-16-7-6-8-17(13-16)15-24-21(26)18-11-12-23-20(14-18)22(27)25-19-9-4-2-3-5-10-19/h6-8,11-14,19H,2-5,9-10,15H2,1H3,(H,24,26)(H,25,27). The van der Waals surface area contributed by atoms with Crippen molar-refractivity contribution in [1.29, 1.82) is 0 Å². The van der Waals surface area contributed by atoms with E-state index >= 15 is 0 Å². The van der Waals surface area contributed by atoms with Crippen molar-refractivity contribution in [2.24, 2.45) is 0 Å². The zero-order valence-electron chi connectivity index (χ0n) is 15.8. The molecule has 2 aromatic rings. The highest BCUT2D eigenvalue weighted by Crippen LogP contribution is 2.17. The van der Waals surface area contributed by atoms with E-state index in [-0.39, 0.29) is 17.9 Å². The highest BCUT2D eigenvalue weighted by molar-refractivity contribution is 5.98. The van der Waals surface area contributed by atoms with Crippen LogP contribution in [-0.2, 0) is 6.54 Å². The molecular weight excluding hydrogens is 338 g/mol. The molecule has 1 heterocycles. The predicted molar refractivity (Wildman–Crippen MR) is 106 cm³/mol. The molecule has 0 unspecified atom stereocenters. The Bertz CT molecular complexity index is 796. The number of benzene rings is 1. The number of carbonyl (C=O) groups excluding carboxylic acids is 2. The summed E-state index contributed by atoms with van der Waals surface area (Å²) in [4.78, 5) is 29.1. The van der Waals surface area contributed by atoms with Gasteiger partial charge in [0.2, 0.25) is 0 Å². The number of hydrogen-bond acceptors (Lipinski definition) is 3. The smallest absolute Gasteiger partial charge is 0.270 e. The molecule has 2 amide bonds. The summed E-state index contributed by atoms with van der Waals surface area (Å²) in [6.45, 7) is 2.47. The predicted octanol–water partition coefficient (Wildman–Crippen LogP) is 3.77. The van der Waals surface area contributed by atoms with Gasteiger partial charge in [0.05, 0.1) is 0 Å². The van der Waals surface area contributed by atoms with E-state index in [9.17, 15) is 9.59 Å². The lowest BCUT2D eigenvalue weighted by molar-refractivity contribution is 0.0928. The fourth-order valence-electron chi connectivity index (χ4n) is 3.49. The maximum atomic E-state index is 12.5. The Kier molecular flexibility index (Phi) is 6.58. The second-order valence-electron chi connectivity index (χ2n) is 7.26. The molecule has 5 nitrogen and oxygen atoms in total. The van der Waals surface area contributed by atoms with Gasteiger partial charge in [-0.15, -0.1) is 0 Å². The molecule has 0 atom stereocenters. The van der Waals surface area contributed by atoms with Crippen LogP contribution >= 0.6 is 0 Å². The van der Waals surface area contributed by atoms with Crippen molar-refractivity contribution in [3.05, 3.63) is 65.0 Å². The summed E-state index contributed by atoms with van der Waals surface area (Å²) in [7, 11) is 0. The van der Waals surface area contributed by atoms with E-state index in [1.165, 1.54) is 19.0 Å². The first kappa shape index (κ1) is 19.1. The average Bonchev–Trinajstić information content (AvgIpc) is 2.95. The second-order valence-corrected chi connectivity index (χ2v) is 7.26. The fourth-order valence-corrected chi connectivity index (χ4v) is 3.49. The Hall–Kier alpha value is -2.69. The van der Waals surface area contributed by atoms with Gasteiger partial charge in [-0.1, -0.05) is 55.5 Å². The summed E-state index contributed by atoms with van der Waals surface area (Å²) in [5.74, 6) is -0.405. The van der Waals surface area contributed by atoms with Crippen LogP contribution in [0.5, 0.6) is 0 Å². The Morgan fingerprint density at radius 1 is 1.04 bits per heavy atom. The van der Waals surface area contributed by atoms with Crippen molar-refractivity contribution < 1.29 is 9.59 Å². The van der Waals surface area contributed by atoms with Crippen molar-refractivity contribution in [3.63, 3.8) is 0 Å². The molecule has 142 valence electrons. The molecule has 2 N–H and O–H groups in total. The van der Waals surface area contributed by atoms with Crippen LogP contribution in [0.2, 0.25) is 0 Å². The number of aryl methyl sites for hydroxylation is 1. The van der Waals surface area contributed by atoms with E-state index in [1.54, 1.807) is 12.1 Å². The molecule has 5 heteroatoms. The van der Waals surface area contributed by atoms with Gasteiger partial charge in [0.1, 0.15) is 5.69 Å². The molecule has 1 aromatic carbocycles. The quantitative estimate of drug-likeness (QED) is 0.792. The minimum absolute atomic E-state index is 0.199. The number of hydrogen-bond donors (Lipinski definition) is 2. The summed E-state index contributed by atoms with van der Waals surface area (Å²) in [6.07, 6.45) is 8.33. The first-order chi connectivity index (χ1) is 13.1. The molecule has 1 saturated carbocycles. The third-order valence-electron chi connectivity index (χ3n) is 4.98. The monoisotopic (exact) mass is 365 g/mol. The van der Waals surface area contributed by atoms with Gasteiger partial charge >= 0.3 is 0 Å². The molecule has 3 rings (SSSR count). The van der Waals surface area contributed by atoms with Crippen LogP contribution in [0.4, 0.5) is 0 Å². The van der Waals surface area contributed by atoms with E-state index in [0.717, 1.165) is 36.8 Å². The minimum atomic E-state index is -0.206. The topological polar surface area (TPSA) is 71.1 Å². The number of pyridine rings is 1. The van der Waals surface area contributed by atoms with Crippen LogP contribution in [0.1, 0.15) is 70.5 Å². The summed E-state index contributed by atoms with van der Waals surface area (Å²) in [6, 6.07) is 11.4. The normalized spacial score (nSPS) is 15.0.